The van der Waals surface area contributed by atoms with Crippen LogP contribution in [0.1, 0.15) is 31.7 Å². The summed E-state index contributed by atoms with van der Waals surface area (Å²) >= 11 is 0. The lowest BCUT2D eigenvalue weighted by molar-refractivity contribution is 0.718. The van der Waals surface area contributed by atoms with Crippen LogP contribution < -0.4 is 0 Å². The van der Waals surface area contributed by atoms with Crippen LogP contribution in [0.4, 0.5) is 0 Å². The predicted molar refractivity (Wildman–Crippen MR) is 64.1 cm³/mol. The molecule has 0 spiro atoms. The summed E-state index contributed by atoms with van der Waals surface area (Å²) in [5, 5.41) is 0. The van der Waals surface area contributed by atoms with Crippen LogP contribution in [0.25, 0.3) is 11.1 Å². The fraction of sp³-hybridized carbons (Fsp3) is 0.357. The Bertz CT molecular complexity index is 395. The van der Waals surface area contributed by atoms with Crippen LogP contribution in [0, 0.1) is 0 Å². The Kier molecular flexibility index (Phi) is 3.33. The van der Waals surface area contributed by atoms with Crippen LogP contribution in [0.2, 0.25) is 0 Å². The lowest BCUT2D eigenvalue weighted by atomic mass is 10.0. The van der Waals surface area contributed by atoms with Crippen molar-refractivity contribution in [3.63, 3.8) is 0 Å². The van der Waals surface area contributed by atoms with E-state index in [1.165, 1.54) is 42.4 Å². The smallest absolute Gasteiger partial charge is 0.0349 e. The molecule has 0 amide bonds. The first kappa shape index (κ1) is 10.2. The highest BCUT2D eigenvalue weighted by molar-refractivity contribution is 5.67. The van der Waals surface area contributed by atoms with Gasteiger partial charge in [0.05, 0.1) is 0 Å². The molecule has 0 aromatic heterocycles. The van der Waals surface area contributed by atoms with E-state index in [4.69, 9.17) is 0 Å². The van der Waals surface area contributed by atoms with E-state index in [0.717, 1.165) is 0 Å². The molecule has 78 valence electrons. The third-order valence-corrected chi connectivity index (χ3v) is 2.81. The second-order valence-corrected chi connectivity index (χ2v) is 3.98. The van der Waals surface area contributed by atoms with Gasteiger partial charge in [0.1, 0.15) is 0 Å². The van der Waals surface area contributed by atoms with Crippen LogP contribution in [0.3, 0.4) is 0 Å². The van der Waals surface area contributed by atoms with E-state index in [9.17, 15) is 0 Å². The molecule has 0 atom stereocenters. The zero-order valence-electron chi connectivity index (χ0n) is 9.24. The van der Waals surface area contributed by atoms with Crippen molar-refractivity contribution in [1.82, 2.24) is 4.98 Å². The molecule has 1 aliphatic heterocycles. The molecule has 1 nitrogen and oxygen atoms in total. The molecule has 2 rings (SSSR count). The van der Waals surface area contributed by atoms with Gasteiger partial charge in [-0.2, -0.15) is 0 Å². The maximum atomic E-state index is 4.22. The summed E-state index contributed by atoms with van der Waals surface area (Å²) in [6, 6.07) is 8.57. The summed E-state index contributed by atoms with van der Waals surface area (Å²) in [6.45, 7) is 2.24. The predicted octanol–water partition coefficient (Wildman–Crippen LogP) is 3.92. The molecule has 1 aliphatic carbocycles. The van der Waals surface area contributed by atoms with Crippen LogP contribution in [0.15, 0.2) is 36.7 Å². The Balaban J connectivity index is 2.21. The molecule has 0 saturated heterocycles. The molecule has 0 unspecified atom stereocenters. The topological polar surface area (TPSA) is 12.9 Å². The van der Waals surface area contributed by atoms with Crippen LogP contribution in [-0.2, 0) is 6.42 Å². The van der Waals surface area contributed by atoms with E-state index in [-0.39, 0.29) is 0 Å². The van der Waals surface area contributed by atoms with Gasteiger partial charge in [0.25, 0.3) is 0 Å². The van der Waals surface area contributed by atoms with Crippen molar-refractivity contribution >= 4 is 0 Å². The second kappa shape index (κ2) is 4.92. The summed E-state index contributed by atoms with van der Waals surface area (Å²) in [4.78, 5) is 4.22. The molecule has 1 heteroatoms. The fourth-order valence-electron chi connectivity index (χ4n) is 1.94. The first-order valence-corrected chi connectivity index (χ1v) is 5.73. The molecule has 0 bridgehead atoms. The Morgan fingerprint density at radius 3 is 2.80 bits per heavy atom. The zero-order chi connectivity index (χ0) is 10.5. The maximum Gasteiger partial charge on any atom is 0.0349 e. The highest BCUT2D eigenvalue weighted by atomic mass is 14.6. The lowest BCUT2D eigenvalue weighted by Crippen LogP contribution is -1.86. The van der Waals surface area contributed by atoms with E-state index in [1.807, 2.05) is 12.4 Å². The van der Waals surface area contributed by atoms with E-state index in [1.54, 1.807) is 0 Å². The number of hydrogen-bond acceptors (Lipinski definition) is 1. The Labute approximate surface area is 91.5 Å². The van der Waals surface area contributed by atoms with Gasteiger partial charge in [-0.1, -0.05) is 44.0 Å². The average molecular weight is 199 g/mol. The third-order valence-electron chi connectivity index (χ3n) is 2.81. The summed E-state index contributed by atoms with van der Waals surface area (Å²) < 4.78 is 0. The number of aryl methyl sites for hydroxylation is 1. The minimum absolute atomic E-state index is 1.17. The molecule has 2 aliphatic rings. The monoisotopic (exact) mass is 199 g/mol. The zero-order valence-corrected chi connectivity index (χ0v) is 9.24. The van der Waals surface area contributed by atoms with Crippen molar-refractivity contribution in [2.45, 2.75) is 32.6 Å². The van der Waals surface area contributed by atoms with Gasteiger partial charge in [-0.25, -0.2) is 0 Å². The second-order valence-electron chi connectivity index (χ2n) is 3.98. The van der Waals surface area contributed by atoms with E-state index in [0.29, 0.717) is 0 Å². The molecule has 0 aromatic rings. The molecule has 0 aromatic carbocycles. The van der Waals surface area contributed by atoms with Crippen molar-refractivity contribution in [2.24, 2.45) is 0 Å². The van der Waals surface area contributed by atoms with Crippen molar-refractivity contribution < 1.29 is 0 Å². The minimum Gasteiger partial charge on any atom is -0.263 e. The van der Waals surface area contributed by atoms with Crippen molar-refractivity contribution in [1.29, 1.82) is 0 Å². The van der Waals surface area contributed by atoms with Gasteiger partial charge in [-0.05, 0) is 18.4 Å². The highest BCUT2D eigenvalue weighted by Gasteiger charge is 2.05. The molecule has 15 heavy (non-hydrogen) atoms. The normalized spacial score (nSPS) is 10.7. The Morgan fingerprint density at radius 1 is 1.07 bits per heavy atom. The minimum atomic E-state index is 1.17. The van der Waals surface area contributed by atoms with Crippen molar-refractivity contribution in [2.75, 3.05) is 0 Å². The number of fused-ring (bicyclic) bond motifs is 1. The molecule has 0 N–H and O–H groups in total. The van der Waals surface area contributed by atoms with Crippen LogP contribution >= 0.6 is 0 Å². The maximum absolute atomic E-state index is 4.22. The van der Waals surface area contributed by atoms with E-state index in [2.05, 4.69) is 36.2 Å². The summed E-state index contributed by atoms with van der Waals surface area (Å²) in [7, 11) is 0. The van der Waals surface area contributed by atoms with Gasteiger partial charge in [-0.15, -0.1) is 0 Å². The lowest BCUT2D eigenvalue weighted by Gasteiger charge is -2.02. The molecule has 0 fully saturated rings. The fourth-order valence-corrected chi connectivity index (χ4v) is 1.94. The van der Waals surface area contributed by atoms with Gasteiger partial charge < -0.3 is 0 Å². The Morgan fingerprint density at radius 2 is 1.93 bits per heavy atom. The van der Waals surface area contributed by atoms with Gasteiger partial charge in [0, 0.05) is 23.5 Å². The highest BCUT2D eigenvalue weighted by Crippen LogP contribution is 2.25. The van der Waals surface area contributed by atoms with Crippen molar-refractivity contribution in [3.05, 3.63) is 42.2 Å². The summed E-state index contributed by atoms with van der Waals surface area (Å²) in [6.07, 6.45) is 8.97. The quantitative estimate of drug-likeness (QED) is 0.680. The van der Waals surface area contributed by atoms with Crippen LogP contribution in [-0.4, -0.2) is 4.98 Å². The molecule has 0 radical (unpaired) electrons. The molecule has 0 saturated carbocycles. The molecular weight excluding hydrogens is 182 g/mol. The first-order valence-electron chi connectivity index (χ1n) is 5.73. The average Bonchev–Trinajstić information content (AvgIpc) is 2.63. The summed E-state index contributed by atoms with van der Waals surface area (Å²) in [5.74, 6) is 0. The molecule has 1 heterocycles. The summed E-state index contributed by atoms with van der Waals surface area (Å²) in [5.41, 5.74) is 4.00. The number of unbranched alkanes of at least 4 members (excludes halogenated alkanes) is 2. The van der Waals surface area contributed by atoms with Crippen molar-refractivity contribution in [3.8, 4) is 11.1 Å². The van der Waals surface area contributed by atoms with Gasteiger partial charge in [-0.3, -0.25) is 4.98 Å². The first-order chi connectivity index (χ1) is 7.42. The SMILES string of the molecule is CCCCCc1ccccc2cncc1-2. The number of rotatable bonds is 4. The third kappa shape index (κ3) is 2.35. The number of aromatic nitrogens is 1. The standard InChI is InChI=1S/C14H17N/c1-2-3-4-7-12-8-5-6-9-13-10-15-11-14(12)13/h5-6,8-11H,2-4,7H2,1H3. The largest absolute Gasteiger partial charge is 0.263 e. The number of nitrogens with zero attached hydrogens (tertiary/aromatic N) is 1. The molecular formula is C14H17N. The van der Waals surface area contributed by atoms with E-state index >= 15 is 0 Å². The van der Waals surface area contributed by atoms with Gasteiger partial charge in [0.2, 0.25) is 0 Å². The number of hydrogen-bond donors (Lipinski definition) is 0. The van der Waals surface area contributed by atoms with E-state index < -0.39 is 0 Å². The van der Waals surface area contributed by atoms with Gasteiger partial charge in [0.15, 0.2) is 0 Å². The van der Waals surface area contributed by atoms with Gasteiger partial charge >= 0.3 is 0 Å². The Hall–Kier alpha value is -1.37. The van der Waals surface area contributed by atoms with Crippen LogP contribution in [0.5, 0.6) is 0 Å².